The highest BCUT2D eigenvalue weighted by Crippen LogP contribution is 2.36. The van der Waals surface area contributed by atoms with Crippen LogP contribution in [0, 0.1) is 13.8 Å². The predicted molar refractivity (Wildman–Crippen MR) is 118 cm³/mol. The Morgan fingerprint density at radius 1 is 0.593 bits per heavy atom. The van der Waals surface area contributed by atoms with Crippen LogP contribution in [0.4, 0.5) is 11.4 Å². The quantitative estimate of drug-likeness (QED) is 0.326. The van der Waals surface area contributed by atoms with Gasteiger partial charge in [-0.15, -0.1) is 0 Å². The van der Waals surface area contributed by atoms with Crippen molar-refractivity contribution in [2.75, 3.05) is 5.32 Å². The van der Waals surface area contributed by atoms with E-state index in [-0.39, 0.29) is 0 Å². The van der Waals surface area contributed by atoms with Gasteiger partial charge in [-0.1, -0.05) is 66.7 Å². The summed E-state index contributed by atoms with van der Waals surface area (Å²) in [7, 11) is 0. The third kappa shape index (κ3) is 2.63. The first-order chi connectivity index (χ1) is 13.2. The van der Waals surface area contributed by atoms with Crippen LogP contribution in [0.1, 0.15) is 11.1 Å². The van der Waals surface area contributed by atoms with Crippen LogP contribution in [0.5, 0.6) is 0 Å². The minimum Gasteiger partial charge on any atom is -0.355 e. The molecule has 0 radical (unpaired) electrons. The third-order valence-electron chi connectivity index (χ3n) is 5.58. The molecular formula is C26H21N. The molecule has 5 rings (SSSR count). The molecular weight excluding hydrogens is 326 g/mol. The number of anilines is 2. The molecule has 1 heteroatoms. The second kappa shape index (κ2) is 6.14. The zero-order valence-electron chi connectivity index (χ0n) is 15.6. The van der Waals surface area contributed by atoms with Crippen LogP contribution in [0.3, 0.4) is 0 Å². The fourth-order valence-electron chi connectivity index (χ4n) is 4.00. The van der Waals surface area contributed by atoms with Crippen molar-refractivity contribution in [3.63, 3.8) is 0 Å². The topological polar surface area (TPSA) is 12.0 Å². The number of nitrogens with one attached hydrogen (secondary N) is 1. The van der Waals surface area contributed by atoms with E-state index in [0.717, 1.165) is 11.4 Å². The van der Waals surface area contributed by atoms with E-state index in [2.05, 4.69) is 104 Å². The van der Waals surface area contributed by atoms with Gasteiger partial charge >= 0.3 is 0 Å². The second-order valence-electron chi connectivity index (χ2n) is 7.26. The summed E-state index contributed by atoms with van der Waals surface area (Å²) in [6, 6.07) is 30.4. The van der Waals surface area contributed by atoms with Crippen molar-refractivity contribution < 1.29 is 0 Å². The molecule has 0 aromatic heterocycles. The third-order valence-corrected chi connectivity index (χ3v) is 5.58. The predicted octanol–water partition coefficient (Wildman–Crippen LogP) is 7.51. The molecule has 5 aromatic carbocycles. The fraction of sp³-hybridized carbons (Fsp3) is 0.0769. The molecule has 0 saturated heterocycles. The average Bonchev–Trinajstić information content (AvgIpc) is 2.70. The number of rotatable bonds is 2. The van der Waals surface area contributed by atoms with E-state index >= 15 is 0 Å². The second-order valence-corrected chi connectivity index (χ2v) is 7.26. The Hall–Kier alpha value is -3.32. The summed E-state index contributed by atoms with van der Waals surface area (Å²) in [6.45, 7) is 4.41. The van der Waals surface area contributed by atoms with Gasteiger partial charge < -0.3 is 5.32 Å². The maximum absolute atomic E-state index is 3.68. The minimum absolute atomic E-state index is 1.11. The summed E-state index contributed by atoms with van der Waals surface area (Å²) in [4.78, 5) is 0. The van der Waals surface area contributed by atoms with Crippen molar-refractivity contribution in [1.82, 2.24) is 0 Å². The van der Waals surface area contributed by atoms with Crippen molar-refractivity contribution in [3.05, 3.63) is 96.1 Å². The van der Waals surface area contributed by atoms with Gasteiger partial charge in [-0.25, -0.2) is 0 Å². The molecule has 130 valence electrons. The highest BCUT2D eigenvalue weighted by Gasteiger charge is 2.10. The molecule has 0 saturated carbocycles. The molecule has 1 N–H and O–H groups in total. The van der Waals surface area contributed by atoms with Crippen LogP contribution >= 0.6 is 0 Å². The lowest BCUT2D eigenvalue weighted by atomic mass is 9.94. The van der Waals surface area contributed by atoms with Crippen molar-refractivity contribution in [2.24, 2.45) is 0 Å². The SMILES string of the molecule is Cc1ccc2c(Nc3ccc4ccccc4c3)cc3ccccc3c2c1C. The Kier molecular flexibility index (Phi) is 3.61. The maximum atomic E-state index is 3.68. The Balaban J connectivity index is 1.74. The number of aryl methyl sites for hydroxylation is 2. The monoisotopic (exact) mass is 347 g/mol. The summed E-state index contributed by atoms with van der Waals surface area (Å²) in [5.41, 5.74) is 4.95. The molecule has 0 atom stereocenters. The molecule has 0 unspecified atom stereocenters. The van der Waals surface area contributed by atoms with Crippen LogP contribution in [0.2, 0.25) is 0 Å². The Morgan fingerprint density at radius 2 is 1.33 bits per heavy atom. The summed E-state index contributed by atoms with van der Waals surface area (Å²) in [5.74, 6) is 0. The Bertz CT molecular complexity index is 1310. The van der Waals surface area contributed by atoms with Gasteiger partial charge in [0.25, 0.3) is 0 Å². The highest BCUT2D eigenvalue weighted by atomic mass is 14.9. The van der Waals surface area contributed by atoms with Crippen molar-refractivity contribution >= 4 is 43.7 Å². The Labute approximate surface area is 159 Å². The molecule has 0 bridgehead atoms. The van der Waals surface area contributed by atoms with E-state index in [0.29, 0.717) is 0 Å². The molecule has 0 heterocycles. The first-order valence-corrected chi connectivity index (χ1v) is 9.38. The normalized spacial score (nSPS) is 11.3. The lowest BCUT2D eigenvalue weighted by Gasteiger charge is -2.16. The zero-order chi connectivity index (χ0) is 18.4. The van der Waals surface area contributed by atoms with Crippen LogP contribution in [-0.2, 0) is 0 Å². The summed E-state index contributed by atoms with van der Waals surface area (Å²) in [6.07, 6.45) is 0. The first kappa shape index (κ1) is 15.9. The first-order valence-electron chi connectivity index (χ1n) is 9.38. The van der Waals surface area contributed by atoms with Gasteiger partial charge in [-0.05, 0) is 70.1 Å². The minimum atomic E-state index is 1.11. The molecule has 1 nitrogen and oxygen atoms in total. The fourth-order valence-corrected chi connectivity index (χ4v) is 4.00. The molecule has 0 spiro atoms. The van der Waals surface area contributed by atoms with Gasteiger partial charge in [0, 0.05) is 16.8 Å². The number of benzene rings is 5. The van der Waals surface area contributed by atoms with Crippen molar-refractivity contribution in [3.8, 4) is 0 Å². The molecule has 0 amide bonds. The van der Waals surface area contributed by atoms with E-state index in [4.69, 9.17) is 0 Å². The standard InChI is InChI=1S/C26H21N/c1-17-11-14-24-25(16-21-9-5-6-10-23(21)26(24)18(17)2)27-22-13-12-19-7-3-4-8-20(19)15-22/h3-16,27H,1-2H3. The maximum Gasteiger partial charge on any atom is 0.0470 e. The molecule has 0 fully saturated rings. The van der Waals surface area contributed by atoms with Crippen LogP contribution < -0.4 is 5.32 Å². The van der Waals surface area contributed by atoms with Gasteiger partial charge in [0.1, 0.15) is 0 Å². The summed E-state index contributed by atoms with van der Waals surface area (Å²) < 4.78 is 0. The van der Waals surface area contributed by atoms with Gasteiger partial charge in [0.05, 0.1) is 0 Å². The Morgan fingerprint density at radius 3 is 2.19 bits per heavy atom. The van der Waals surface area contributed by atoms with E-state index in [1.54, 1.807) is 0 Å². The van der Waals surface area contributed by atoms with Gasteiger partial charge in [0.15, 0.2) is 0 Å². The molecule has 0 aliphatic carbocycles. The van der Waals surface area contributed by atoms with Crippen LogP contribution in [0.15, 0.2) is 84.9 Å². The molecule has 0 aliphatic heterocycles. The average molecular weight is 347 g/mol. The lowest BCUT2D eigenvalue weighted by Crippen LogP contribution is -1.94. The van der Waals surface area contributed by atoms with Gasteiger partial charge in [-0.3, -0.25) is 0 Å². The van der Waals surface area contributed by atoms with Crippen LogP contribution in [0.25, 0.3) is 32.3 Å². The molecule has 27 heavy (non-hydrogen) atoms. The zero-order valence-corrected chi connectivity index (χ0v) is 15.6. The van der Waals surface area contributed by atoms with E-state index in [1.807, 2.05) is 0 Å². The molecule has 0 aliphatic rings. The summed E-state index contributed by atoms with van der Waals surface area (Å²) in [5, 5.41) is 11.4. The van der Waals surface area contributed by atoms with E-state index in [9.17, 15) is 0 Å². The van der Waals surface area contributed by atoms with Crippen LogP contribution in [-0.4, -0.2) is 0 Å². The van der Waals surface area contributed by atoms with E-state index < -0.39 is 0 Å². The van der Waals surface area contributed by atoms with Crippen molar-refractivity contribution in [2.45, 2.75) is 13.8 Å². The lowest BCUT2D eigenvalue weighted by molar-refractivity contribution is 1.38. The summed E-state index contributed by atoms with van der Waals surface area (Å²) >= 11 is 0. The number of hydrogen-bond acceptors (Lipinski definition) is 1. The number of fused-ring (bicyclic) bond motifs is 4. The van der Waals surface area contributed by atoms with Crippen molar-refractivity contribution in [1.29, 1.82) is 0 Å². The van der Waals surface area contributed by atoms with Gasteiger partial charge in [-0.2, -0.15) is 0 Å². The highest BCUT2D eigenvalue weighted by molar-refractivity contribution is 6.15. The smallest absolute Gasteiger partial charge is 0.0470 e. The number of hydrogen-bond donors (Lipinski definition) is 1. The van der Waals surface area contributed by atoms with E-state index in [1.165, 1.54) is 43.4 Å². The largest absolute Gasteiger partial charge is 0.355 e. The molecule has 5 aromatic rings. The van der Waals surface area contributed by atoms with Gasteiger partial charge in [0.2, 0.25) is 0 Å².